The Kier molecular flexibility index (Phi) is 3.81. The number of methoxy groups -OCH3 is 1. The quantitative estimate of drug-likeness (QED) is 0.741. The number of esters is 1. The number of ether oxygens (including phenoxy) is 1. The van der Waals surface area contributed by atoms with Crippen molar-refractivity contribution in [2.24, 2.45) is 5.92 Å². The van der Waals surface area contributed by atoms with Gasteiger partial charge in [-0.3, -0.25) is 5.32 Å². The lowest BCUT2D eigenvalue weighted by Crippen LogP contribution is -2.62. The van der Waals surface area contributed by atoms with Crippen LogP contribution in [-0.4, -0.2) is 49.2 Å². The smallest absolute Gasteiger partial charge is 0.327 e. The summed E-state index contributed by atoms with van der Waals surface area (Å²) in [6.07, 6.45) is 8.64. The largest absolute Gasteiger partial charge is 0.468 e. The van der Waals surface area contributed by atoms with Gasteiger partial charge in [-0.2, -0.15) is 0 Å². The fourth-order valence-corrected chi connectivity index (χ4v) is 3.40. The molecule has 3 rings (SSSR count). The highest BCUT2D eigenvalue weighted by molar-refractivity contribution is 5.82. The van der Waals surface area contributed by atoms with Crippen molar-refractivity contribution in [2.75, 3.05) is 26.7 Å². The molecule has 108 valence electrons. The van der Waals surface area contributed by atoms with E-state index in [9.17, 15) is 4.79 Å². The van der Waals surface area contributed by atoms with Crippen molar-refractivity contribution in [2.45, 2.75) is 56.5 Å². The second kappa shape index (κ2) is 5.41. The molecule has 1 aliphatic heterocycles. The average molecular weight is 266 g/mol. The number of rotatable bonds is 6. The molecule has 0 spiro atoms. The van der Waals surface area contributed by atoms with Gasteiger partial charge in [-0.15, -0.1) is 0 Å². The van der Waals surface area contributed by atoms with Gasteiger partial charge in [0.2, 0.25) is 0 Å². The fourth-order valence-electron chi connectivity index (χ4n) is 3.40. The van der Waals surface area contributed by atoms with Crippen LogP contribution in [0.4, 0.5) is 0 Å². The molecule has 1 atom stereocenters. The molecule has 0 aromatic rings. The van der Waals surface area contributed by atoms with Crippen molar-refractivity contribution in [3.63, 3.8) is 0 Å². The van der Waals surface area contributed by atoms with Crippen LogP contribution in [0.1, 0.15) is 44.9 Å². The van der Waals surface area contributed by atoms with Gasteiger partial charge >= 0.3 is 5.97 Å². The summed E-state index contributed by atoms with van der Waals surface area (Å²) < 4.78 is 5.16. The van der Waals surface area contributed by atoms with Crippen LogP contribution in [-0.2, 0) is 9.53 Å². The van der Waals surface area contributed by atoms with Gasteiger partial charge in [0, 0.05) is 12.6 Å². The predicted molar refractivity (Wildman–Crippen MR) is 73.9 cm³/mol. The maximum atomic E-state index is 12.4. The first-order valence-electron chi connectivity index (χ1n) is 7.83. The fraction of sp³-hybridized carbons (Fsp3) is 0.933. The van der Waals surface area contributed by atoms with Crippen molar-refractivity contribution in [3.05, 3.63) is 0 Å². The van der Waals surface area contributed by atoms with Crippen LogP contribution in [0.5, 0.6) is 0 Å². The standard InChI is InChI=1S/C15H26N2O2/c1-19-14(18)15(12-5-6-12,16-13-7-8-13)11-17-9-3-2-4-10-17/h12-13,16H,2-11H2,1H3. The minimum absolute atomic E-state index is 0.0347. The first-order chi connectivity index (χ1) is 9.24. The number of carbonyl (C=O) groups is 1. The van der Waals surface area contributed by atoms with Crippen LogP contribution < -0.4 is 5.32 Å². The first kappa shape index (κ1) is 13.4. The third-order valence-electron chi connectivity index (χ3n) is 4.78. The Morgan fingerprint density at radius 3 is 2.42 bits per heavy atom. The van der Waals surface area contributed by atoms with Crippen molar-refractivity contribution < 1.29 is 9.53 Å². The number of nitrogens with zero attached hydrogens (tertiary/aromatic N) is 1. The molecule has 3 fully saturated rings. The molecule has 0 amide bonds. The summed E-state index contributed by atoms with van der Waals surface area (Å²) >= 11 is 0. The number of piperidine rings is 1. The monoisotopic (exact) mass is 266 g/mol. The highest BCUT2D eigenvalue weighted by Crippen LogP contribution is 2.43. The number of likely N-dealkylation sites (tertiary alicyclic amines) is 1. The predicted octanol–water partition coefficient (Wildman–Crippen LogP) is 1.55. The van der Waals surface area contributed by atoms with Gasteiger partial charge in [0.15, 0.2) is 0 Å². The lowest BCUT2D eigenvalue weighted by Gasteiger charge is -2.39. The summed E-state index contributed by atoms with van der Waals surface area (Å²) in [6, 6.07) is 0.546. The van der Waals surface area contributed by atoms with E-state index in [1.54, 1.807) is 0 Å². The zero-order chi connectivity index (χ0) is 13.3. The number of hydrogen-bond donors (Lipinski definition) is 1. The zero-order valence-electron chi connectivity index (χ0n) is 12.0. The SMILES string of the molecule is COC(=O)C(CN1CCCCC1)(NC1CC1)C1CC1. The minimum Gasteiger partial charge on any atom is -0.468 e. The Bertz CT molecular complexity index is 333. The van der Waals surface area contributed by atoms with Crippen molar-refractivity contribution in [1.29, 1.82) is 0 Å². The van der Waals surface area contributed by atoms with E-state index in [2.05, 4.69) is 10.2 Å². The second-order valence-electron chi connectivity index (χ2n) is 6.49. The van der Waals surface area contributed by atoms with Crippen LogP contribution in [0.25, 0.3) is 0 Å². The van der Waals surface area contributed by atoms with E-state index in [0.29, 0.717) is 12.0 Å². The van der Waals surface area contributed by atoms with Crippen LogP contribution in [0.2, 0.25) is 0 Å². The van der Waals surface area contributed by atoms with Crippen LogP contribution in [0, 0.1) is 5.92 Å². The zero-order valence-corrected chi connectivity index (χ0v) is 12.0. The molecule has 1 saturated heterocycles. The van der Waals surface area contributed by atoms with Crippen molar-refractivity contribution in [1.82, 2.24) is 10.2 Å². The second-order valence-corrected chi connectivity index (χ2v) is 6.49. The average Bonchev–Trinajstić information content (AvgIpc) is 3.29. The van der Waals surface area contributed by atoms with E-state index < -0.39 is 5.54 Å². The van der Waals surface area contributed by atoms with Crippen LogP contribution in [0.3, 0.4) is 0 Å². The lowest BCUT2D eigenvalue weighted by atomic mass is 9.91. The third-order valence-corrected chi connectivity index (χ3v) is 4.78. The molecule has 1 unspecified atom stereocenters. The number of hydrogen-bond acceptors (Lipinski definition) is 4. The highest BCUT2D eigenvalue weighted by Gasteiger charge is 2.54. The first-order valence-corrected chi connectivity index (χ1v) is 7.83. The van der Waals surface area contributed by atoms with E-state index in [1.165, 1.54) is 52.1 Å². The Morgan fingerprint density at radius 2 is 1.89 bits per heavy atom. The molecular formula is C15H26N2O2. The topological polar surface area (TPSA) is 41.6 Å². The summed E-state index contributed by atoms with van der Waals surface area (Å²) in [5, 5.41) is 3.65. The van der Waals surface area contributed by atoms with E-state index in [1.807, 2.05) is 0 Å². The molecule has 2 saturated carbocycles. The van der Waals surface area contributed by atoms with Gasteiger partial charge in [0.25, 0.3) is 0 Å². The number of carbonyl (C=O) groups excluding carboxylic acids is 1. The van der Waals surface area contributed by atoms with E-state index >= 15 is 0 Å². The van der Waals surface area contributed by atoms with Gasteiger partial charge in [-0.05, 0) is 57.5 Å². The van der Waals surface area contributed by atoms with Gasteiger partial charge in [-0.1, -0.05) is 6.42 Å². The molecular weight excluding hydrogens is 240 g/mol. The molecule has 0 bridgehead atoms. The van der Waals surface area contributed by atoms with E-state index in [4.69, 9.17) is 4.74 Å². The van der Waals surface area contributed by atoms with Crippen LogP contribution >= 0.6 is 0 Å². The normalized spacial score (nSPS) is 27.8. The highest BCUT2D eigenvalue weighted by atomic mass is 16.5. The van der Waals surface area contributed by atoms with E-state index in [-0.39, 0.29) is 5.97 Å². The minimum atomic E-state index is -0.423. The lowest BCUT2D eigenvalue weighted by molar-refractivity contribution is -0.151. The van der Waals surface area contributed by atoms with E-state index in [0.717, 1.165) is 19.6 Å². The molecule has 0 aromatic carbocycles. The van der Waals surface area contributed by atoms with Crippen LogP contribution in [0.15, 0.2) is 0 Å². The molecule has 0 aromatic heterocycles. The summed E-state index contributed by atoms with van der Waals surface area (Å²) in [5.41, 5.74) is -0.423. The molecule has 2 aliphatic carbocycles. The molecule has 19 heavy (non-hydrogen) atoms. The van der Waals surface area contributed by atoms with Gasteiger partial charge in [0.05, 0.1) is 7.11 Å². The Hall–Kier alpha value is -0.610. The Morgan fingerprint density at radius 1 is 1.21 bits per heavy atom. The molecule has 3 aliphatic rings. The van der Waals surface area contributed by atoms with Crippen molar-refractivity contribution >= 4 is 5.97 Å². The van der Waals surface area contributed by atoms with Gasteiger partial charge in [-0.25, -0.2) is 4.79 Å². The summed E-state index contributed by atoms with van der Waals surface area (Å²) in [4.78, 5) is 14.9. The summed E-state index contributed by atoms with van der Waals surface area (Å²) in [7, 11) is 1.53. The molecule has 1 N–H and O–H groups in total. The number of nitrogens with one attached hydrogen (secondary N) is 1. The maximum absolute atomic E-state index is 12.4. The molecule has 4 heteroatoms. The molecule has 0 radical (unpaired) electrons. The summed E-state index contributed by atoms with van der Waals surface area (Å²) in [5.74, 6) is 0.454. The van der Waals surface area contributed by atoms with Gasteiger partial charge in [0.1, 0.15) is 5.54 Å². The maximum Gasteiger partial charge on any atom is 0.327 e. The molecule has 1 heterocycles. The van der Waals surface area contributed by atoms with Crippen molar-refractivity contribution in [3.8, 4) is 0 Å². The molecule has 4 nitrogen and oxygen atoms in total. The Balaban J connectivity index is 1.74. The van der Waals surface area contributed by atoms with Gasteiger partial charge < -0.3 is 9.64 Å². The third kappa shape index (κ3) is 2.95. The summed E-state index contributed by atoms with van der Waals surface area (Å²) in [6.45, 7) is 3.12. The Labute approximate surface area is 115 Å².